The molecule has 0 saturated carbocycles. The topological polar surface area (TPSA) is 87.7 Å². The molecular weight excluding hydrogens is 346 g/mol. The van der Waals surface area contributed by atoms with Crippen molar-refractivity contribution in [2.75, 3.05) is 19.6 Å². The summed E-state index contributed by atoms with van der Waals surface area (Å²) in [7, 11) is 0. The maximum Gasteiger partial charge on any atom is 0.287 e. The summed E-state index contributed by atoms with van der Waals surface area (Å²) in [5.74, 6) is 0.290. The van der Waals surface area contributed by atoms with Crippen LogP contribution in [0.25, 0.3) is 0 Å². The molecule has 0 aliphatic rings. The number of carbonyl (C=O) groups excluding carboxylic acids is 2. The summed E-state index contributed by atoms with van der Waals surface area (Å²) >= 11 is 0. The highest BCUT2D eigenvalue weighted by atomic mass is 16.3. The largest absolute Gasteiger partial charge is 0.468 e. The second-order valence-corrected chi connectivity index (χ2v) is 6.67. The van der Waals surface area contributed by atoms with E-state index in [1.54, 1.807) is 18.4 Å². The fourth-order valence-electron chi connectivity index (χ4n) is 3.02. The molecule has 148 valence electrons. The number of hydrogen-bond donors (Lipinski definition) is 2. The Morgan fingerprint density at radius 3 is 2.26 bits per heavy atom. The molecule has 0 aliphatic heterocycles. The van der Waals surface area contributed by atoms with E-state index in [0.717, 1.165) is 18.8 Å². The fourth-order valence-corrected chi connectivity index (χ4v) is 3.02. The molecule has 27 heavy (non-hydrogen) atoms. The molecule has 7 nitrogen and oxygen atoms in total. The van der Waals surface area contributed by atoms with Crippen LogP contribution in [-0.2, 0) is 4.79 Å². The highest BCUT2D eigenvalue weighted by Gasteiger charge is 2.27. The maximum absolute atomic E-state index is 12.8. The van der Waals surface area contributed by atoms with E-state index in [4.69, 9.17) is 8.83 Å². The predicted octanol–water partition coefficient (Wildman–Crippen LogP) is 2.83. The number of amides is 2. The first-order valence-corrected chi connectivity index (χ1v) is 9.37. The summed E-state index contributed by atoms with van der Waals surface area (Å²) in [4.78, 5) is 27.2. The molecule has 2 atom stereocenters. The molecule has 7 heteroatoms. The van der Waals surface area contributed by atoms with Gasteiger partial charge in [-0.25, -0.2) is 0 Å². The minimum absolute atomic E-state index is 0.0625. The number of nitrogens with one attached hydrogen (secondary N) is 2. The van der Waals surface area contributed by atoms with E-state index >= 15 is 0 Å². The molecule has 2 heterocycles. The Bertz CT molecular complexity index is 691. The van der Waals surface area contributed by atoms with E-state index in [-0.39, 0.29) is 23.6 Å². The Hall–Kier alpha value is -2.54. The van der Waals surface area contributed by atoms with Gasteiger partial charge in [-0.15, -0.1) is 0 Å². The van der Waals surface area contributed by atoms with Gasteiger partial charge in [0.2, 0.25) is 5.91 Å². The zero-order valence-corrected chi connectivity index (χ0v) is 16.4. The van der Waals surface area contributed by atoms with Crippen LogP contribution >= 0.6 is 0 Å². The second kappa shape index (κ2) is 9.97. The molecule has 0 aromatic carbocycles. The Morgan fingerprint density at radius 1 is 1.07 bits per heavy atom. The third kappa shape index (κ3) is 5.47. The molecule has 0 bridgehead atoms. The van der Waals surface area contributed by atoms with Crippen molar-refractivity contribution in [2.24, 2.45) is 5.92 Å². The Balaban J connectivity index is 2.03. The number of likely N-dealkylation sites (N-methyl/N-ethyl adjacent to an activating group) is 1. The van der Waals surface area contributed by atoms with Crippen LogP contribution in [0, 0.1) is 5.92 Å². The number of carbonyl (C=O) groups is 2. The van der Waals surface area contributed by atoms with Gasteiger partial charge in [-0.2, -0.15) is 0 Å². The SMILES string of the molecule is CCN(CC)[C@H](CNC(=O)[C@@H](NC(=O)c1ccco1)C(C)C)c1ccco1. The molecular formula is C20H29N3O4. The van der Waals surface area contributed by atoms with Gasteiger partial charge in [0, 0.05) is 6.54 Å². The quantitative estimate of drug-likeness (QED) is 0.667. The Morgan fingerprint density at radius 2 is 1.74 bits per heavy atom. The summed E-state index contributed by atoms with van der Waals surface area (Å²) in [6.45, 7) is 9.99. The van der Waals surface area contributed by atoms with Gasteiger partial charge >= 0.3 is 0 Å². The molecule has 2 amide bonds. The summed E-state index contributed by atoms with van der Waals surface area (Å²) in [6, 6.07) is 6.24. The van der Waals surface area contributed by atoms with Crippen LogP contribution in [0.1, 0.15) is 50.1 Å². The van der Waals surface area contributed by atoms with Gasteiger partial charge in [0.1, 0.15) is 11.8 Å². The first-order valence-electron chi connectivity index (χ1n) is 9.37. The van der Waals surface area contributed by atoms with E-state index < -0.39 is 11.9 Å². The van der Waals surface area contributed by atoms with E-state index in [0.29, 0.717) is 6.54 Å². The molecule has 2 rings (SSSR count). The third-order valence-corrected chi connectivity index (χ3v) is 4.58. The summed E-state index contributed by atoms with van der Waals surface area (Å²) in [5.41, 5.74) is 0. The van der Waals surface area contributed by atoms with Crippen molar-refractivity contribution >= 4 is 11.8 Å². The molecule has 0 saturated heterocycles. The average molecular weight is 375 g/mol. The molecule has 0 spiro atoms. The number of rotatable bonds is 10. The van der Waals surface area contributed by atoms with Gasteiger partial charge in [0.15, 0.2) is 5.76 Å². The predicted molar refractivity (Wildman–Crippen MR) is 102 cm³/mol. The Labute approximate surface area is 160 Å². The van der Waals surface area contributed by atoms with Gasteiger partial charge in [0.05, 0.1) is 18.6 Å². The van der Waals surface area contributed by atoms with Crippen molar-refractivity contribution in [3.63, 3.8) is 0 Å². The normalized spacial score (nSPS) is 13.6. The van der Waals surface area contributed by atoms with Crippen LogP contribution in [0.15, 0.2) is 45.6 Å². The lowest BCUT2D eigenvalue weighted by atomic mass is 10.0. The minimum Gasteiger partial charge on any atom is -0.468 e. The van der Waals surface area contributed by atoms with Crippen LogP contribution in [0.4, 0.5) is 0 Å². The molecule has 2 aromatic heterocycles. The van der Waals surface area contributed by atoms with Crippen LogP contribution < -0.4 is 10.6 Å². The zero-order chi connectivity index (χ0) is 19.8. The van der Waals surface area contributed by atoms with E-state index in [2.05, 4.69) is 29.4 Å². The first kappa shape index (κ1) is 20.8. The van der Waals surface area contributed by atoms with E-state index in [1.165, 1.54) is 6.26 Å². The van der Waals surface area contributed by atoms with Gasteiger partial charge in [-0.3, -0.25) is 14.5 Å². The molecule has 2 aromatic rings. The number of nitrogens with zero attached hydrogens (tertiary/aromatic N) is 1. The van der Waals surface area contributed by atoms with Crippen LogP contribution in [0.3, 0.4) is 0 Å². The van der Waals surface area contributed by atoms with Gasteiger partial charge < -0.3 is 19.5 Å². The van der Waals surface area contributed by atoms with Crippen molar-refractivity contribution in [1.82, 2.24) is 15.5 Å². The lowest BCUT2D eigenvalue weighted by Gasteiger charge is -2.29. The van der Waals surface area contributed by atoms with Crippen molar-refractivity contribution in [1.29, 1.82) is 0 Å². The maximum atomic E-state index is 12.8. The standard InChI is InChI=1S/C20H29N3O4/c1-5-23(6-2)15(16-9-7-11-26-16)13-21-20(25)18(14(3)4)22-19(24)17-10-8-12-27-17/h7-12,14-15,18H,5-6,13H2,1-4H3,(H,21,25)(H,22,24)/t15-,18+/m1/s1. The summed E-state index contributed by atoms with van der Waals surface area (Å²) in [5, 5.41) is 5.72. The number of hydrogen-bond acceptors (Lipinski definition) is 5. The molecule has 0 fully saturated rings. The first-order chi connectivity index (χ1) is 13.0. The van der Waals surface area contributed by atoms with Crippen LogP contribution in [0.5, 0.6) is 0 Å². The van der Waals surface area contributed by atoms with Gasteiger partial charge in [-0.1, -0.05) is 27.7 Å². The fraction of sp³-hybridized carbons (Fsp3) is 0.500. The van der Waals surface area contributed by atoms with Crippen LogP contribution in [-0.4, -0.2) is 42.4 Å². The average Bonchev–Trinajstić information content (AvgIpc) is 3.36. The zero-order valence-electron chi connectivity index (χ0n) is 16.4. The molecule has 2 N–H and O–H groups in total. The number of furan rings is 2. The molecule has 0 unspecified atom stereocenters. The minimum atomic E-state index is -0.656. The van der Waals surface area contributed by atoms with Crippen molar-refractivity contribution in [3.05, 3.63) is 48.3 Å². The Kier molecular flexibility index (Phi) is 7.67. The second-order valence-electron chi connectivity index (χ2n) is 6.67. The third-order valence-electron chi connectivity index (χ3n) is 4.58. The lowest BCUT2D eigenvalue weighted by Crippen LogP contribution is -2.51. The van der Waals surface area contributed by atoms with Crippen molar-refractivity contribution < 1.29 is 18.4 Å². The van der Waals surface area contributed by atoms with E-state index in [9.17, 15) is 9.59 Å². The van der Waals surface area contributed by atoms with Crippen molar-refractivity contribution in [3.8, 4) is 0 Å². The molecule has 0 aliphatic carbocycles. The highest BCUT2D eigenvalue weighted by molar-refractivity contribution is 5.95. The summed E-state index contributed by atoms with van der Waals surface area (Å²) in [6.07, 6.45) is 3.06. The van der Waals surface area contributed by atoms with E-state index in [1.807, 2.05) is 26.0 Å². The van der Waals surface area contributed by atoms with Gasteiger partial charge in [-0.05, 0) is 43.3 Å². The lowest BCUT2D eigenvalue weighted by molar-refractivity contribution is -0.124. The highest BCUT2D eigenvalue weighted by Crippen LogP contribution is 2.20. The molecule has 0 radical (unpaired) electrons. The van der Waals surface area contributed by atoms with Gasteiger partial charge in [0.25, 0.3) is 5.91 Å². The monoisotopic (exact) mass is 375 g/mol. The van der Waals surface area contributed by atoms with Crippen LogP contribution in [0.2, 0.25) is 0 Å². The smallest absolute Gasteiger partial charge is 0.287 e. The summed E-state index contributed by atoms with van der Waals surface area (Å²) < 4.78 is 10.7. The van der Waals surface area contributed by atoms with Crippen molar-refractivity contribution in [2.45, 2.75) is 39.8 Å².